The third-order valence-corrected chi connectivity index (χ3v) is 5.31. The van der Waals surface area contributed by atoms with Gasteiger partial charge in [0.2, 0.25) is 5.91 Å². The number of carbonyl (C=O) groups excluding carboxylic acids is 1. The molecular formula is C15H23NO2. The molecule has 1 amide bonds. The van der Waals surface area contributed by atoms with Crippen molar-refractivity contribution >= 4 is 5.91 Å². The largest absolute Gasteiger partial charge is 0.353 e. The second kappa shape index (κ2) is 3.38. The highest BCUT2D eigenvalue weighted by molar-refractivity contribution is 5.88. The highest BCUT2D eigenvalue weighted by Crippen LogP contribution is 2.60. The maximum absolute atomic E-state index is 12.9. The van der Waals surface area contributed by atoms with Crippen molar-refractivity contribution in [2.24, 2.45) is 17.3 Å². The molecule has 0 unspecified atom stereocenters. The van der Waals surface area contributed by atoms with Crippen molar-refractivity contribution < 1.29 is 9.53 Å². The zero-order valence-electron chi connectivity index (χ0n) is 12.0. The molecule has 1 aliphatic carbocycles. The summed E-state index contributed by atoms with van der Waals surface area (Å²) in [5, 5.41) is 0. The van der Waals surface area contributed by atoms with Crippen LogP contribution in [0, 0.1) is 17.3 Å². The van der Waals surface area contributed by atoms with Gasteiger partial charge in [0.15, 0.2) is 0 Å². The lowest BCUT2D eigenvalue weighted by atomic mass is 9.75. The average molecular weight is 249 g/mol. The van der Waals surface area contributed by atoms with Crippen molar-refractivity contribution in [2.45, 2.75) is 52.8 Å². The molecule has 3 heteroatoms. The second-order valence-corrected chi connectivity index (χ2v) is 6.85. The summed E-state index contributed by atoms with van der Waals surface area (Å²) in [5.74, 6) is 0.961. The molecule has 2 aliphatic heterocycles. The van der Waals surface area contributed by atoms with E-state index in [4.69, 9.17) is 4.74 Å². The van der Waals surface area contributed by atoms with Gasteiger partial charge < -0.3 is 9.64 Å². The van der Waals surface area contributed by atoms with Crippen molar-refractivity contribution in [3.63, 3.8) is 0 Å². The molecule has 0 N–H and O–H groups in total. The van der Waals surface area contributed by atoms with Crippen LogP contribution in [0.3, 0.4) is 0 Å². The molecular weight excluding hydrogens is 226 g/mol. The van der Waals surface area contributed by atoms with Gasteiger partial charge in [-0.3, -0.25) is 4.79 Å². The lowest BCUT2D eigenvalue weighted by molar-refractivity contribution is -0.142. The molecule has 0 saturated carbocycles. The Bertz CT molecular complexity index is 442. The third kappa shape index (κ3) is 1.16. The summed E-state index contributed by atoms with van der Waals surface area (Å²) >= 11 is 0. The van der Waals surface area contributed by atoms with Crippen LogP contribution in [0.2, 0.25) is 0 Å². The Balaban J connectivity index is 2.08. The summed E-state index contributed by atoms with van der Waals surface area (Å²) in [6.45, 7) is 11.4. The van der Waals surface area contributed by atoms with Gasteiger partial charge in [0.25, 0.3) is 0 Å². The molecule has 3 nitrogen and oxygen atoms in total. The van der Waals surface area contributed by atoms with Gasteiger partial charge in [0.05, 0.1) is 18.1 Å². The van der Waals surface area contributed by atoms with Crippen molar-refractivity contribution in [1.29, 1.82) is 0 Å². The van der Waals surface area contributed by atoms with E-state index >= 15 is 0 Å². The van der Waals surface area contributed by atoms with Crippen molar-refractivity contribution in [3.8, 4) is 0 Å². The summed E-state index contributed by atoms with van der Waals surface area (Å²) < 4.78 is 6.12. The smallest absolute Gasteiger partial charge is 0.232 e. The van der Waals surface area contributed by atoms with Crippen LogP contribution < -0.4 is 0 Å². The number of rotatable bonds is 1. The van der Waals surface area contributed by atoms with E-state index in [9.17, 15) is 4.79 Å². The Morgan fingerprint density at radius 2 is 2.11 bits per heavy atom. The van der Waals surface area contributed by atoms with Gasteiger partial charge in [-0.2, -0.15) is 0 Å². The summed E-state index contributed by atoms with van der Waals surface area (Å²) in [6, 6.07) is 0.234. The number of fused-ring (bicyclic) bond motifs is 3. The number of hydrogen-bond donors (Lipinski definition) is 0. The van der Waals surface area contributed by atoms with E-state index in [1.54, 1.807) is 0 Å². The number of allylic oxidation sites excluding steroid dienone is 1. The van der Waals surface area contributed by atoms with Crippen LogP contribution in [-0.2, 0) is 9.53 Å². The molecule has 0 spiro atoms. The van der Waals surface area contributed by atoms with E-state index in [-0.39, 0.29) is 17.4 Å². The fourth-order valence-corrected chi connectivity index (χ4v) is 4.40. The number of amides is 1. The Morgan fingerprint density at radius 1 is 1.44 bits per heavy atom. The minimum atomic E-state index is -0.419. The van der Waals surface area contributed by atoms with E-state index in [1.807, 2.05) is 0 Å². The SMILES string of the molecule is CC1=CC[C@@]2(C)C(=O)N3[C@@H](C(C)C)CO[C@]3(C)[C@@H]12. The lowest BCUT2D eigenvalue weighted by Gasteiger charge is -2.35. The minimum Gasteiger partial charge on any atom is -0.353 e. The Labute approximate surface area is 109 Å². The molecule has 18 heavy (non-hydrogen) atoms. The molecule has 0 aromatic rings. The Hall–Kier alpha value is -0.830. The van der Waals surface area contributed by atoms with Gasteiger partial charge in [-0.25, -0.2) is 0 Å². The molecule has 0 radical (unpaired) electrons. The first kappa shape index (κ1) is 12.2. The van der Waals surface area contributed by atoms with E-state index in [0.717, 1.165) is 6.42 Å². The predicted octanol–water partition coefficient (Wildman–Crippen LogP) is 2.57. The number of hydrogen-bond acceptors (Lipinski definition) is 2. The maximum Gasteiger partial charge on any atom is 0.232 e. The van der Waals surface area contributed by atoms with E-state index in [0.29, 0.717) is 18.4 Å². The summed E-state index contributed by atoms with van der Waals surface area (Å²) in [7, 11) is 0. The first-order valence-electron chi connectivity index (χ1n) is 6.97. The normalized spacial score (nSPS) is 46.7. The van der Waals surface area contributed by atoms with Gasteiger partial charge in [0, 0.05) is 5.92 Å². The highest BCUT2D eigenvalue weighted by atomic mass is 16.5. The second-order valence-electron chi connectivity index (χ2n) is 6.85. The fourth-order valence-electron chi connectivity index (χ4n) is 4.40. The summed E-state index contributed by atoms with van der Waals surface area (Å²) in [6.07, 6.45) is 3.08. The first-order valence-corrected chi connectivity index (χ1v) is 6.97. The predicted molar refractivity (Wildman–Crippen MR) is 69.8 cm³/mol. The summed E-state index contributed by atoms with van der Waals surface area (Å²) in [5.41, 5.74) is 0.629. The van der Waals surface area contributed by atoms with Crippen molar-refractivity contribution in [1.82, 2.24) is 4.90 Å². The topological polar surface area (TPSA) is 29.5 Å². The van der Waals surface area contributed by atoms with Gasteiger partial charge in [-0.1, -0.05) is 25.5 Å². The van der Waals surface area contributed by atoms with E-state index in [1.165, 1.54) is 5.57 Å². The van der Waals surface area contributed by atoms with Crippen molar-refractivity contribution in [3.05, 3.63) is 11.6 Å². The van der Waals surface area contributed by atoms with Crippen LogP contribution in [0.25, 0.3) is 0 Å². The van der Waals surface area contributed by atoms with Crippen LogP contribution in [0.15, 0.2) is 11.6 Å². The quantitative estimate of drug-likeness (QED) is 0.668. The fraction of sp³-hybridized carbons (Fsp3) is 0.800. The zero-order chi connectivity index (χ0) is 13.3. The van der Waals surface area contributed by atoms with Crippen LogP contribution in [0.4, 0.5) is 0 Å². The van der Waals surface area contributed by atoms with Gasteiger partial charge in [-0.15, -0.1) is 0 Å². The van der Waals surface area contributed by atoms with Crippen LogP contribution in [0.1, 0.15) is 41.0 Å². The molecule has 3 aliphatic rings. The van der Waals surface area contributed by atoms with Crippen LogP contribution >= 0.6 is 0 Å². The first-order chi connectivity index (χ1) is 8.32. The van der Waals surface area contributed by atoms with Gasteiger partial charge in [0.1, 0.15) is 5.72 Å². The Kier molecular flexibility index (Phi) is 2.30. The molecule has 0 aromatic heterocycles. The molecule has 0 aromatic carbocycles. The molecule has 0 bridgehead atoms. The lowest BCUT2D eigenvalue weighted by Crippen LogP contribution is -2.48. The standard InChI is InChI=1S/C15H23NO2/c1-9(2)11-8-18-15(5)12-10(3)6-7-14(12,4)13(17)16(11)15/h6,9,11-12H,7-8H2,1-5H3/t11-,12+,14-,15-/m1/s1. The number of carbonyl (C=O) groups is 1. The van der Waals surface area contributed by atoms with E-state index in [2.05, 4.69) is 45.6 Å². The van der Waals surface area contributed by atoms with Gasteiger partial charge >= 0.3 is 0 Å². The average Bonchev–Trinajstić information content (AvgIpc) is 2.82. The molecule has 2 fully saturated rings. The Morgan fingerprint density at radius 3 is 2.72 bits per heavy atom. The third-order valence-electron chi connectivity index (χ3n) is 5.31. The van der Waals surface area contributed by atoms with E-state index < -0.39 is 5.72 Å². The van der Waals surface area contributed by atoms with Crippen LogP contribution in [-0.4, -0.2) is 29.2 Å². The number of nitrogens with zero attached hydrogens (tertiary/aromatic N) is 1. The number of ether oxygens (including phenoxy) is 1. The zero-order valence-corrected chi connectivity index (χ0v) is 12.0. The minimum absolute atomic E-state index is 0.223. The highest BCUT2D eigenvalue weighted by Gasteiger charge is 2.68. The van der Waals surface area contributed by atoms with Crippen molar-refractivity contribution in [2.75, 3.05) is 6.61 Å². The summed E-state index contributed by atoms with van der Waals surface area (Å²) in [4.78, 5) is 14.9. The van der Waals surface area contributed by atoms with Gasteiger partial charge in [-0.05, 0) is 33.1 Å². The maximum atomic E-state index is 12.9. The molecule has 2 saturated heterocycles. The monoisotopic (exact) mass is 249 g/mol. The molecule has 3 rings (SSSR count). The van der Waals surface area contributed by atoms with Crippen LogP contribution in [0.5, 0.6) is 0 Å². The molecule has 100 valence electrons. The molecule has 4 atom stereocenters. The molecule has 2 heterocycles.